The van der Waals surface area contributed by atoms with Crippen molar-refractivity contribution in [2.24, 2.45) is 0 Å². The Morgan fingerprint density at radius 3 is 1.52 bits per heavy atom. The molecule has 0 bridgehead atoms. The molecule has 0 rings (SSSR count). The molecule has 0 saturated carbocycles. The maximum atomic E-state index is 11.6. The Morgan fingerprint density at radius 1 is 0.619 bits per heavy atom. The molecule has 0 unspecified atom stereocenters. The third kappa shape index (κ3) is 13.4. The fourth-order valence-electron chi connectivity index (χ4n) is 2.09. The molecule has 0 amide bonds. The summed E-state index contributed by atoms with van der Waals surface area (Å²) in [6, 6.07) is 0. The summed E-state index contributed by atoms with van der Waals surface area (Å²) < 4.78 is 0. The van der Waals surface area contributed by atoms with Crippen LogP contribution >= 0.6 is 0 Å². The first-order valence-corrected chi connectivity index (χ1v) is 8.00. The molecule has 0 aromatic rings. The van der Waals surface area contributed by atoms with Crippen molar-refractivity contribution in [3.63, 3.8) is 0 Å². The van der Waals surface area contributed by atoms with Crippen LogP contribution < -0.4 is 0 Å². The topological polar surface area (TPSA) is 68.3 Å². The first kappa shape index (κ1) is 19.7. The number of carbonyl (C=O) groups is 4. The van der Waals surface area contributed by atoms with E-state index in [2.05, 4.69) is 0 Å². The molecule has 0 aliphatic rings. The van der Waals surface area contributed by atoms with Crippen LogP contribution in [0.2, 0.25) is 0 Å². The van der Waals surface area contributed by atoms with Crippen LogP contribution in [0.4, 0.5) is 0 Å². The van der Waals surface area contributed by atoms with E-state index in [0.29, 0.717) is 38.5 Å². The summed E-state index contributed by atoms with van der Waals surface area (Å²) in [4.78, 5) is 45.0. The molecule has 21 heavy (non-hydrogen) atoms. The second kappa shape index (κ2) is 12.4. The molecule has 0 N–H and O–H groups in total. The Hall–Kier alpha value is -1.32. The molecule has 0 atom stereocenters. The number of hydrogen-bond acceptors (Lipinski definition) is 4. The summed E-state index contributed by atoms with van der Waals surface area (Å²) in [6.07, 6.45) is 6.40. The molecule has 0 aliphatic heterocycles. The first-order chi connectivity index (χ1) is 9.95. The molecule has 4 nitrogen and oxygen atoms in total. The van der Waals surface area contributed by atoms with Crippen molar-refractivity contribution in [1.29, 1.82) is 0 Å². The second-order valence-electron chi connectivity index (χ2n) is 5.62. The summed E-state index contributed by atoms with van der Waals surface area (Å²) in [5.41, 5.74) is 0. The monoisotopic (exact) mass is 296 g/mol. The van der Waals surface area contributed by atoms with Crippen molar-refractivity contribution in [3.8, 4) is 0 Å². The fraction of sp³-hybridized carbons (Fsp3) is 0.765. The molecule has 0 aromatic carbocycles. The van der Waals surface area contributed by atoms with Crippen LogP contribution in [0.3, 0.4) is 0 Å². The zero-order chi connectivity index (χ0) is 16.1. The van der Waals surface area contributed by atoms with E-state index in [1.165, 1.54) is 0 Å². The zero-order valence-corrected chi connectivity index (χ0v) is 13.4. The van der Waals surface area contributed by atoms with Gasteiger partial charge in [-0.05, 0) is 32.6 Å². The van der Waals surface area contributed by atoms with Crippen LogP contribution in [-0.4, -0.2) is 23.1 Å². The highest BCUT2D eigenvalue weighted by molar-refractivity contribution is 5.98. The van der Waals surface area contributed by atoms with Gasteiger partial charge in [-0.15, -0.1) is 0 Å². The first-order valence-electron chi connectivity index (χ1n) is 8.00. The van der Waals surface area contributed by atoms with E-state index in [1.807, 2.05) is 6.92 Å². The largest absolute Gasteiger partial charge is 0.300 e. The van der Waals surface area contributed by atoms with Crippen LogP contribution in [0.15, 0.2) is 0 Å². The minimum absolute atomic E-state index is 0.00612. The number of rotatable bonds is 14. The van der Waals surface area contributed by atoms with Gasteiger partial charge in [0.25, 0.3) is 0 Å². The minimum Gasteiger partial charge on any atom is -0.300 e. The van der Waals surface area contributed by atoms with Gasteiger partial charge in [0.05, 0.1) is 6.42 Å². The lowest BCUT2D eigenvalue weighted by Crippen LogP contribution is -2.07. The Morgan fingerprint density at radius 2 is 1.05 bits per heavy atom. The molecular formula is C17H28O4. The summed E-state index contributed by atoms with van der Waals surface area (Å²) in [6.45, 7) is 3.40. The third-order valence-corrected chi connectivity index (χ3v) is 3.43. The number of unbranched alkanes of at least 4 members (excludes halogenated alkanes) is 3. The smallest absolute Gasteiger partial charge is 0.140 e. The van der Waals surface area contributed by atoms with E-state index in [4.69, 9.17) is 0 Å². The summed E-state index contributed by atoms with van der Waals surface area (Å²) in [7, 11) is 0. The lowest BCUT2D eigenvalue weighted by molar-refractivity contribution is -0.127. The van der Waals surface area contributed by atoms with Gasteiger partial charge in [0.15, 0.2) is 0 Å². The predicted molar refractivity (Wildman–Crippen MR) is 82.2 cm³/mol. The van der Waals surface area contributed by atoms with Gasteiger partial charge >= 0.3 is 0 Å². The molecule has 120 valence electrons. The second-order valence-corrected chi connectivity index (χ2v) is 5.62. The van der Waals surface area contributed by atoms with Crippen LogP contribution in [0, 0.1) is 0 Å². The number of carbonyl (C=O) groups excluding carboxylic acids is 4. The maximum absolute atomic E-state index is 11.6. The van der Waals surface area contributed by atoms with Gasteiger partial charge < -0.3 is 4.79 Å². The normalized spacial score (nSPS) is 10.4. The number of ketones is 4. The van der Waals surface area contributed by atoms with Gasteiger partial charge in [0, 0.05) is 32.1 Å². The Kier molecular flexibility index (Phi) is 11.6. The van der Waals surface area contributed by atoms with Gasteiger partial charge in [-0.25, -0.2) is 0 Å². The minimum atomic E-state index is -0.0234. The highest BCUT2D eigenvalue weighted by Crippen LogP contribution is 2.08. The molecule has 0 fully saturated rings. The van der Waals surface area contributed by atoms with E-state index in [-0.39, 0.29) is 29.6 Å². The lowest BCUT2D eigenvalue weighted by Gasteiger charge is -2.02. The van der Waals surface area contributed by atoms with E-state index in [9.17, 15) is 19.2 Å². The molecule has 4 heteroatoms. The fourth-order valence-corrected chi connectivity index (χ4v) is 2.09. The molecule has 0 aromatic heterocycles. The van der Waals surface area contributed by atoms with Gasteiger partial charge in [-0.2, -0.15) is 0 Å². The van der Waals surface area contributed by atoms with Gasteiger partial charge in [-0.1, -0.05) is 13.3 Å². The van der Waals surface area contributed by atoms with E-state index >= 15 is 0 Å². The van der Waals surface area contributed by atoms with Crippen molar-refractivity contribution < 1.29 is 19.2 Å². The van der Waals surface area contributed by atoms with Crippen LogP contribution in [0.5, 0.6) is 0 Å². The molecule has 0 saturated heterocycles. The van der Waals surface area contributed by atoms with Crippen molar-refractivity contribution in [2.75, 3.05) is 0 Å². The molecule has 0 aliphatic carbocycles. The van der Waals surface area contributed by atoms with Gasteiger partial charge in [-0.3, -0.25) is 14.4 Å². The third-order valence-electron chi connectivity index (χ3n) is 3.43. The van der Waals surface area contributed by atoms with Crippen LogP contribution in [-0.2, 0) is 19.2 Å². The zero-order valence-electron chi connectivity index (χ0n) is 13.4. The van der Waals surface area contributed by atoms with Crippen molar-refractivity contribution in [3.05, 3.63) is 0 Å². The maximum Gasteiger partial charge on any atom is 0.140 e. The van der Waals surface area contributed by atoms with E-state index in [1.54, 1.807) is 6.92 Å². The average Bonchev–Trinajstić information content (AvgIpc) is 2.42. The Bertz CT molecular complexity index is 358. The molecular weight excluding hydrogens is 268 g/mol. The average molecular weight is 296 g/mol. The van der Waals surface area contributed by atoms with E-state index in [0.717, 1.165) is 25.7 Å². The van der Waals surface area contributed by atoms with Gasteiger partial charge in [0.2, 0.25) is 0 Å². The molecule has 0 radical (unpaired) electrons. The Labute approximate surface area is 127 Å². The summed E-state index contributed by atoms with van der Waals surface area (Å²) >= 11 is 0. The van der Waals surface area contributed by atoms with Crippen molar-refractivity contribution in [1.82, 2.24) is 0 Å². The number of Topliss-reactive ketones (excluding diaryl/α,β-unsaturated/α-hetero) is 4. The van der Waals surface area contributed by atoms with E-state index < -0.39 is 0 Å². The predicted octanol–water partition coefficient (Wildman–Crippen LogP) is 3.59. The quantitative estimate of drug-likeness (QED) is 0.363. The van der Waals surface area contributed by atoms with Crippen molar-refractivity contribution in [2.45, 2.75) is 84.5 Å². The summed E-state index contributed by atoms with van der Waals surface area (Å²) in [5.74, 6) is 0.375. The van der Waals surface area contributed by atoms with Crippen LogP contribution in [0.1, 0.15) is 84.5 Å². The van der Waals surface area contributed by atoms with Crippen molar-refractivity contribution >= 4 is 23.1 Å². The number of hydrogen-bond donors (Lipinski definition) is 0. The standard InChI is InChI=1S/C17H28O4/c1-3-15(19)10-5-4-6-11-16(20)13-17(21)12-8-7-9-14(2)18/h3-13H2,1-2H3. The van der Waals surface area contributed by atoms with Crippen LogP contribution in [0.25, 0.3) is 0 Å². The highest BCUT2D eigenvalue weighted by Gasteiger charge is 2.09. The molecule has 0 heterocycles. The van der Waals surface area contributed by atoms with Gasteiger partial charge in [0.1, 0.15) is 23.1 Å². The SMILES string of the molecule is CCC(=O)CCCCCC(=O)CC(=O)CCCCC(C)=O. The lowest BCUT2D eigenvalue weighted by atomic mass is 10.0. The highest BCUT2D eigenvalue weighted by atomic mass is 16.1. The molecule has 0 spiro atoms. The Balaban J connectivity index is 3.53. The summed E-state index contributed by atoms with van der Waals surface area (Å²) in [5, 5.41) is 0.